The van der Waals surface area contributed by atoms with Gasteiger partial charge in [0.05, 0.1) is 11.9 Å². The molecular weight excluding hydrogens is 308 g/mol. The van der Waals surface area contributed by atoms with Crippen molar-refractivity contribution < 1.29 is 8.42 Å². The maximum Gasteiger partial charge on any atom is 0.233 e. The van der Waals surface area contributed by atoms with Gasteiger partial charge in [-0.3, -0.25) is 4.31 Å². The van der Waals surface area contributed by atoms with Crippen molar-refractivity contribution in [3.05, 3.63) is 71.9 Å². The van der Waals surface area contributed by atoms with E-state index >= 15 is 0 Å². The van der Waals surface area contributed by atoms with Gasteiger partial charge in [-0.25, -0.2) is 8.42 Å². The maximum absolute atomic E-state index is 12.4. The Kier molecular flexibility index (Phi) is 3.06. The number of fused-ring (bicyclic) bond motifs is 2. The number of rotatable bonds is 2. The first kappa shape index (κ1) is 14.1. The Morgan fingerprint density at radius 3 is 2.57 bits per heavy atom. The van der Waals surface area contributed by atoms with E-state index in [0.29, 0.717) is 5.69 Å². The normalized spacial score (nSPS) is 17.4. The zero-order valence-corrected chi connectivity index (χ0v) is 13.4. The van der Waals surface area contributed by atoms with Gasteiger partial charge in [0.1, 0.15) is 6.04 Å². The molecule has 1 aliphatic heterocycles. The van der Waals surface area contributed by atoms with Gasteiger partial charge in [-0.15, -0.1) is 0 Å². The van der Waals surface area contributed by atoms with E-state index in [9.17, 15) is 8.42 Å². The van der Waals surface area contributed by atoms with E-state index in [1.165, 1.54) is 10.6 Å². The van der Waals surface area contributed by atoms with Crippen LogP contribution in [0, 0.1) is 0 Å². The number of nitrogens with zero attached hydrogens (tertiary/aromatic N) is 1. The first-order valence-corrected chi connectivity index (χ1v) is 9.23. The number of sulfonamides is 1. The molecule has 0 bridgehead atoms. The van der Waals surface area contributed by atoms with Crippen molar-refractivity contribution in [3.63, 3.8) is 0 Å². The fourth-order valence-electron chi connectivity index (χ4n) is 3.12. The minimum absolute atomic E-state index is 0.368. The summed E-state index contributed by atoms with van der Waals surface area (Å²) in [6.07, 6.45) is 5.15. The minimum atomic E-state index is -3.41. The minimum Gasteiger partial charge on any atom is -0.356 e. The summed E-state index contributed by atoms with van der Waals surface area (Å²) in [4.78, 5) is 3.34. The topological polar surface area (TPSA) is 53.2 Å². The van der Waals surface area contributed by atoms with Gasteiger partial charge in [-0.1, -0.05) is 48.6 Å². The highest BCUT2D eigenvalue weighted by Gasteiger charge is 2.31. The van der Waals surface area contributed by atoms with E-state index in [-0.39, 0.29) is 6.04 Å². The molecule has 0 fully saturated rings. The molecule has 0 unspecified atom stereocenters. The van der Waals surface area contributed by atoms with Gasteiger partial charge in [-0.05, 0) is 29.1 Å². The number of benzene rings is 2. The van der Waals surface area contributed by atoms with Crippen LogP contribution in [0.15, 0.2) is 60.7 Å². The molecule has 1 aromatic heterocycles. The standard InChI is InChI=1S/C18H16N2O2S/c1-23(21,22)20-17-9-5-3-6-13(17)10-11-18(20)16-12-14-7-2-4-8-15(14)19-16/h2-12,18-19H,1H3/t18-/m1/s1. The smallest absolute Gasteiger partial charge is 0.233 e. The van der Waals surface area contributed by atoms with E-state index in [2.05, 4.69) is 4.98 Å². The van der Waals surface area contributed by atoms with Crippen molar-refractivity contribution in [2.24, 2.45) is 0 Å². The van der Waals surface area contributed by atoms with Crippen LogP contribution in [-0.2, 0) is 10.0 Å². The second-order valence-corrected chi connectivity index (χ2v) is 7.59. The summed E-state index contributed by atoms with van der Waals surface area (Å²) >= 11 is 0. The molecule has 0 spiro atoms. The zero-order valence-electron chi connectivity index (χ0n) is 12.6. The lowest BCUT2D eigenvalue weighted by molar-refractivity contribution is 0.591. The molecule has 4 rings (SSSR count). The second-order valence-electron chi connectivity index (χ2n) is 5.73. The molecule has 3 aromatic rings. The summed E-state index contributed by atoms with van der Waals surface area (Å²) in [5, 5.41) is 1.07. The van der Waals surface area contributed by atoms with Crippen LogP contribution in [0.2, 0.25) is 0 Å². The Morgan fingerprint density at radius 2 is 1.78 bits per heavy atom. The molecule has 5 heteroatoms. The van der Waals surface area contributed by atoms with E-state index in [1.54, 1.807) is 0 Å². The Morgan fingerprint density at radius 1 is 1.04 bits per heavy atom. The number of aromatic amines is 1. The van der Waals surface area contributed by atoms with E-state index in [0.717, 1.165) is 22.2 Å². The fourth-order valence-corrected chi connectivity index (χ4v) is 4.24. The van der Waals surface area contributed by atoms with Crippen molar-refractivity contribution in [2.75, 3.05) is 10.6 Å². The molecule has 4 nitrogen and oxygen atoms in total. The summed E-state index contributed by atoms with van der Waals surface area (Å²) < 4.78 is 26.3. The highest BCUT2D eigenvalue weighted by Crippen LogP contribution is 2.38. The monoisotopic (exact) mass is 324 g/mol. The Balaban J connectivity index is 1.91. The third-order valence-electron chi connectivity index (χ3n) is 4.11. The van der Waals surface area contributed by atoms with Crippen LogP contribution in [0.3, 0.4) is 0 Å². The maximum atomic E-state index is 12.4. The van der Waals surface area contributed by atoms with Crippen LogP contribution in [-0.4, -0.2) is 19.7 Å². The van der Waals surface area contributed by atoms with Gasteiger partial charge in [0, 0.05) is 11.2 Å². The molecule has 1 aliphatic rings. The lowest BCUT2D eigenvalue weighted by atomic mass is 10.0. The highest BCUT2D eigenvalue weighted by atomic mass is 32.2. The first-order valence-electron chi connectivity index (χ1n) is 7.38. The number of aromatic nitrogens is 1. The molecule has 0 amide bonds. The van der Waals surface area contributed by atoms with Crippen molar-refractivity contribution in [1.29, 1.82) is 0 Å². The quantitative estimate of drug-likeness (QED) is 0.781. The Bertz CT molecular complexity index is 985. The molecule has 0 aliphatic carbocycles. The predicted octanol–water partition coefficient (Wildman–Crippen LogP) is 3.70. The van der Waals surface area contributed by atoms with Gasteiger partial charge in [0.25, 0.3) is 0 Å². The number of para-hydroxylation sites is 2. The lowest BCUT2D eigenvalue weighted by Gasteiger charge is -2.33. The third kappa shape index (κ3) is 2.33. The summed E-state index contributed by atoms with van der Waals surface area (Å²) in [5.74, 6) is 0. The lowest BCUT2D eigenvalue weighted by Crippen LogP contribution is -2.35. The van der Waals surface area contributed by atoms with Crippen LogP contribution in [0.1, 0.15) is 17.3 Å². The Hall–Kier alpha value is -2.53. The van der Waals surface area contributed by atoms with Gasteiger partial charge in [-0.2, -0.15) is 0 Å². The average Bonchev–Trinajstić information content (AvgIpc) is 2.96. The van der Waals surface area contributed by atoms with Gasteiger partial charge < -0.3 is 4.98 Å². The first-order chi connectivity index (χ1) is 11.0. The van der Waals surface area contributed by atoms with Crippen LogP contribution < -0.4 is 4.31 Å². The number of H-pyrrole nitrogens is 1. The van der Waals surface area contributed by atoms with Gasteiger partial charge >= 0.3 is 0 Å². The SMILES string of the molecule is CS(=O)(=O)N1c2ccccc2C=C[C@@H]1c1cc2ccccc2[nH]1. The van der Waals surface area contributed by atoms with Crippen LogP contribution >= 0.6 is 0 Å². The van der Waals surface area contributed by atoms with Crippen molar-refractivity contribution in [1.82, 2.24) is 4.98 Å². The molecule has 116 valence electrons. The molecule has 0 saturated heterocycles. The van der Waals surface area contributed by atoms with Gasteiger partial charge in [0.15, 0.2) is 0 Å². The summed E-state index contributed by atoms with van der Waals surface area (Å²) in [5.41, 5.74) is 3.48. The second kappa shape index (κ2) is 4.99. The molecule has 0 saturated carbocycles. The number of hydrogen-bond acceptors (Lipinski definition) is 2. The number of anilines is 1. The van der Waals surface area contributed by atoms with E-state index < -0.39 is 10.0 Å². The van der Waals surface area contributed by atoms with Gasteiger partial charge in [0.2, 0.25) is 10.0 Å². The average molecular weight is 324 g/mol. The summed E-state index contributed by atoms with van der Waals surface area (Å²) in [6, 6.07) is 17.1. The summed E-state index contributed by atoms with van der Waals surface area (Å²) in [7, 11) is -3.41. The molecule has 1 atom stereocenters. The van der Waals surface area contributed by atoms with Crippen molar-refractivity contribution in [3.8, 4) is 0 Å². The molecule has 2 aromatic carbocycles. The molecule has 1 N–H and O–H groups in total. The van der Waals surface area contributed by atoms with E-state index in [4.69, 9.17) is 0 Å². The predicted molar refractivity (Wildman–Crippen MR) is 93.8 cm³/mol. The summed E-state index contributed by atoms with van der Waals surface area (Å²) in [6.45, 7) is 0. The van der Waals surface area contributed by atoms with Crippen molar-refractivity contribution >= 4 is 32.7 Å². The number of hydrogen-bond donors (Lipinski definition) is 1. The largest absolute Gasteiger partial charge is 0.356 e. The van der Waals surface area contributed by atoms with Crippen LogP contribution in [0.4, 0.5) is 5.69 Å². The molecule has 23 heavy (non-hydrogen) atoms. The van der Waals surface area contributed by atoms with E-state index in [1.807, 2.05) is 66.7 Å². The molecular formula is C18H16N2O2S. The molecule has 2 heterocycles. The zero-order chi connectivity index (χ0) is 16.0. The van der Waals surface area contributed by atoms with Crippen molar-refractivity contribution in [2.45, 2.75) is 6.04 Å². The molecule has 0 radical (unpaired) electrons. The third-order valence-corrected chi connectivity index (χ3v) is 5.25. The van der Waals surface area contributed by atoms with Crippen LogP contribution in [0.25, 0.3) is 17.0 Å². The number of nitrogens with one attached hydrogen (secondary N) is 1. The Labute approximate surface area is 135 Å². The van der Waals surface area contributed by atoms with Crippen LogP contribution in [0.5, 0.6) is 0 Å². The fraction of sp³-hybridized carbons (Fsp3) is 0.111. The highest BCUT2D eigenvalue weighted by molar-refractivity contribution is 7.92.